The summed E-state index contributed by atoms with van der Waals surface area (Å²) in [5.41, 5.74) is 1.15. The van der Waals surface area contributed by atoms with E-state index in [1.54, 1.807) is 11.8 Å². The van der Waals surface area contributed by atoms with Gasteiger partial charge in [-0.05, 0) is 31.4 Å². The number of ether oxygens (including phenoxy) is 2. The molecule has 7 heteroatoms. The third kappa shape index (κ3) is 4.15. The maximum absolute atomic E-state index is 12.3. The van der Waals surface area contributed by atoms with Crippen LogP contribution in [-0.4, -0.2) is 53.8 Å². The van der Waals surface area contributed by atoms with E-state index >= 15 is 0 Å². The van der Waals surface area contributed by atoms with Crippen molar-refractivity contribution in [1.29, 1.82) is 0 Å². The van der Waals surface area contributed by atoms with Crippen LogP contribution < -0.4 is 10.6 Å². The first-order chi connectivity index (χ1) is 12.7. The van der Waals surface area contributed by atoms with Crippen molar-refractivity contribution < 1.29 is 14.3 Å². The third-order valence-electron chi connectivity index (χ3n) is 5.42. The quantitative estimate of drug-likeness (QED) is 0.844. The molecule has 2 amide bonds. The van der Waals surface area contributed by atoms with Crippen LogP contribution in [0.4, 0.5) is 4.79 Å². The summed E-state index contributed by atoms with van der Waals surface area (Å²) < 4.78 is 11.9. The number of hydrogen-bond acceptors (Lipinski definition) is 5. The molecular formula is C19H27N3O3S. The predicted molar refractivity (Wildman–Crippen MR) is 100 cm³/mol. The zero-order chi connectivity index (χ0) is 17.9. The second-order valence-corrected chi connectivity index (χ2v) is 8.74. The molecule has 1 aromatic heterocycles. The van der Waals surface area contributed by atoms with Crippen LogP contribution in [0.5, 0.6) is 0 Å². The van der Waals surface area contributed by atoms with E-state index in [0.717, 1.165) is 23.4 Å². The van der Waals surface area contributed by atoms with Crippen LogP contribution in [-0.2, 0) is 9.47 Å². The lowest BCUT2D eigenvalue weighted by molar-refractivity contribution is 0.0693. The summed E-state index contributed by atoms with van der Waals surface area (Å²) in [6.45, 7) is 3.16. The molecule has 1 saturated carbocycles. The lowest BCUT2D eigenvalue weighted by Crippen LogP contribution is -2.51. The minimum atomic E-state index is -0.0916. The first kappa shape index (κ1) is 18.1. The van der Waals surface area contributed by atoms with Gasteiger partial charge in [-0.1, -0.05) is 37.1 Å². The Hall–Kier alpha value is -1.31. The zero-order valence-corrected chi connectivity index (χ0v) is 16.0. The molecule has 2 aliphatic heterocycles. The molecule has 0 aromatic carbocycles. The Morgan fingerprint density at radius 1 is 1.12 bits per heavy atom. The maximum atomic E-state index is 12.3. The number of nitrogens with zero attached hydrogens (tertiary/aromatic N) is 1. The minimum absolute atomic E-state index is 0.00286. The average Bonchev–Trinajstić information content (AvgIpc) is 3.22. The van der Waals surface area contributed by atoms with Crippen LogP contribution in [0.1, 0.15) is 37.7 Å². The molecule has 0 spiro atoms. The Morgan fingerprint density at radius 2 is 1.92 bits per heavy atom. The van der Waals surface area contributed by atoms with Crippen molar-refractivity contribution in [2.24, 2.45) is 0 Å². The summed E-state index contributed by atoms with van der Waals surface area (Å²) in [7, 11) is 0. The van der Waals surface area contributed by atoms with Gasteiger partial charge >= 0.3 is 6.03 Å². The fourth-order valence-electron chi connectivity index (χ4n) is 4.01. The van der Waals surface area contributed by atoms with Gasteiger partial charge < -0.3 is 20.1 Å². The molecule has 0 unspecified atom stereocenters. The van der Waals surface area contributed by atoms with Gasteiger partial charge in [0.2, 0.25) is 0 Å². The second-order valence-electron chi connectivity index (χ2n) is 7.49. The monoisotopic (exact) mass is 377 g/mol. The molecule has 2 saturated heterocycles. The highest BCUT2D eigenvalue weighted by atomic mass is 32.2. The summed E-state index contributed by atoms with van der Waals surface area (Å²) in [5.74, 6) is 0. The van der Waals surface area contributed by atoms with Gasteiger partial charge in [-0.25, -0.2) is 9.78 Å². The highest BCUT2D eigenvalue weighted by Gasteiger charge is 2.48. The number of nitrogens with one attached hydrogen (secondary N) is 2. The molecule has 0 radical (unpaired) electrons. The Labute approximate surface area is 158 Å². The lowest BCUT2D eigenvalue weighted by atomic mass is 9.96. The summed E-state index contributed by atoms with van der Waals surface area (Å²) in [5, 5.41) is 7.37. The molecule has 3 aliphatic rings. The van der Waals surface area contributed by atoms with Crippen molar-refractivity contribution in [2.75, 3.05) is 13.2 Å². The number of hydrogen-bond donors (Lipinski definition) is 2. The summed E-state index contributed by atoms with van der Waals surface area (Å²) in [6, 6.07) is 4.24. The molecule has 4 rings (SSSR count). The van der Waals surface area contributed by atoms with Crippen molar-refractivity contribution in [2.45, 2.75) is 73.6 Å². The largest absolute Gasteiger partial charge is 0.372 e. The second kappa shape index (κ2) is 8.15. The highest BCUT2D eigenvalue weighted by Crippen LogP contribution is 2.36. The lowest BCUT2D eigenvalue weighted by Gasteiger charge is -2.24. The molecule has 142 valence electrons. The molecule has 4 atom stereocenters. The molecule has 0 bridgehead atoms. The van der Waals surface area contributed by atoms with E-state index in [9.17, 15) is 4.79 Å². The van der Waals surface area contributed by atoms with Gasteiger partial charge in [0.05, 0.1) is 29.5 Å². The normalized spacial score (nSPS) is 31.6. The van der Waals surface area contributed by atoms with Crippen LogP contribution in [0.2, 0.25) is 0 Å². The summed E-state index contributed by atoms with van der Waals surface area (Å²) in [6.07, 6.45) is 7.67. The Kier molecular flexibility index (Phi) is 5.66. The van der Waals surface area contributed by atoms with E-state index in [2.05, 4.69) is 21.7 Å². The molecule has 3 heterocycles. The van der Waals surface area contributed by atoms with Gasteiger partial charge in [0.15, 0.2) is 0 Å². The van der Waals surface area contributed by atoms with E-state index < -0.39 is 0 Å². The summed E-state index contributed by atoms with van der Waals surface area (Å²) >= 11 is 1.70. The van der Waals surface area contributed by atoms with Crippen molar-refractivity contribution >= 4 is 17.8 Å². The smallest absolute Gasteiger partial charge is 0.315 e. The van der Waals surface area contributed by atoms with Crippen LogP contribution in [0.15, 0.2) is 23.4 Å². The molecule has 1 aromatic rings. The fraction of sp³-hybridized carbons (Fsp3) is 0.684. The van der Waals surface area contributed by atoms with Crippen LogP contribution >= 0.6 is 11.8 Å². The number of aromatic nitrogens is 1. The van der Waals surface area contributed by atoms with Gasteiger partial charge in [0.1, 0.15) is 12.2 Å². The number of fused-ring (bicyclic) bond motifs is 1. The van der Waals surface area contributed by atoms with E-state index in [1.807, 2.05) is 19.2 Å². The third-order valence-corrected chi connectivity index (χ3v) is 6.61. The maximum Gasteiger partial charge on any atom is 0.315 e. The van der Waals surface area contributed by atoms with Crippen LogP contribution in [0, 0.1) is 6.92 Å². The first-order valence-electron chi connectivity index (χ1n) is 9.58. The first-order valence-corrected chi connectivity index (χ1v) is 10.5. The molecular weight excluding hydrogens is 350 g/mol. The fourth-order valence-corrected chi connectivity index (χ4v) is 5.09. The number of carbonyl (C=O) groups excluding carboxylic acids is 1. The Bertz CT molecular complexity index is 621. The van der Waals surface area contributed by atoms with Gasteiger partial charge in [-0.15, -0.1) is 0 Å². The van der Waals surface area contributed by atoms with Crippen molar-refractivity contribution in [3.63, 3.8) is 0 Å². The van der Waals surface area contributed by atoms with Gasteiger partial charge in [-0.2, -0.15) is 0 Å². The Balaban J connectivity index is 1.28. The number of urea groups is 1. The topological polar surface area (TPSA) is 72.5 Å². The average molecular weight is 378 g/mol. The van der Waals surface area contributed by atoms with Gasteiger partial charge in [0.25, 0.3) is 0 Å². The predicted octanol–water partition coefficient (Wildman–Crippen LogP) is 2.65. The van der Waals surface area contributed by atoms with Crippen molar-refractivity contribution in [1.82, 2.24) is 15.6 Å². The zero-order valence-electron chi connectivity index (χ0n) is 15.1. The highest BCUT2D eigenvalue weighted by molar-refractivity contribution is 8.00. The van der Waals surface area contributed by atoms with Crippen LogP contribution in [0.3, 0.4) is 0 Å². The SMILES string of the molecule is Cc1ccc(S[C@H]2CO[C@H]3[C@@H]2OC[C@@H]3NC(=O)NC2CCCCC2)nc1. The number of thioether (sulfide) groups is 1. The number of amides is 2. The van der Waals surface area contributed by atoms with E-state index in [-0.39, 0.29) is 29.5 Å². The van der Waals surface area contributed by atoms with Gasteiger partial charge in [0, 0.05) is 12.2 Å². The van der Waals surface area contributed by atoms with Gasteiger partial charge in [-0.3, -0.25) is 0 Å². The minimum Gasteiger partial charge on any atom is -0.372 e. The summed E-state index contributed by atoms with van der Waals surface area (Å²) in [4.78, 5) is 16.8. The van der Waals surface area contributed by atoms with Crippen molar-refractivity contribution in [3.8, 4) is 0 Å². The number of pyridine rings is 1. The number of rotatable bonds is 4. The number of carbonyl (C=O) groups is 1. The number of aryl methyl sites for hydroxylation is 1. The van der Waals surface area contributed by atoms with E-state index in [1.165, 1.54) is 19.3 Å². The Morgan fingerprint density at radius 3 is 2.69 bits per heavy atom. The van der Waals surface area contributed by atoms with Crippen molar-refractivity contribution in [3.05, 3.63) is 23.9 Å². The molecule has 6 nitrogen and oxygen atoms in total. The standard InChI is InChI=1S/C19H27N3O3S/c1-12-7-8-16(20-9-12)26-15-11-25-17-14(10-24-18(15)17)22-19(23)21-13-5-3-2-4-6-13/h7-9,13-15,17-18H,2-6,10-11H2,1H3,(H2,21,22,23)/t14-,15-,17+,18+/m0/s1. The van der Waals surface area contributed by atoms with E-state index in [0.29, 0.717) is 19.3 Å². The molecule has 26 heavy (non-hydrogen) atoms. The molecule has 1 aliphatic carbocycles. The van der Waals surface area contributed by atoms with E-state index in [4.69, 9.17) is 9.47 Å². The molecule has 3 fully saturated rings. The van der Waals surface area contributed by atoms with Crippen LogP contribution in [0.25, 0.3) is 0 Å². The molecule has 2 N–H and O–H groups in total.